The molecule has 12 heteroatoms. The van der Waals surface area contributed by atoms with Crippen molar-refractivity contribution in [3.63, 3.8) is 0 Å². The van der Waals surface area contributed by atoms with Gasteiger partial charge < -0.3 is 15.4 Å². The van der Waals surface area contributed by atoms with Crippen LogP contribution in [0.25, 0.3) is 5.69 Å². The Hall–Kier alpha value is -3.93. The third-order valence-corrected chi connectivity index (χ3v) is 6.52. The zero-order valence-corrected chi connectivity index (χ0v) is 25.3. The van der Waals surface area contributed by atoms with Gasteiger partial charge in [-0.05, 0) is 53.1 Å². The molecule has 0 aliphatic carbocycles. The largest absolute Gasteiger partial charge is 0.492 e. The van der Waals surface area contributed by atoms with Gasteiger partial charge in [-0.3, -0.25) is 14.3 Å². The Balaban J connectivity index is 1.95. The van der Waals surface area contributed by atoms with Crippen molar-refractivity contribution < 1.29 is 22.7 Å². The molecule has 2 aromatic carbocycles. The van der Waals surface area contributed by atoms with E-state index in [9.17, 15) is 18.0 Å². The van der Waals surface area contributed by atoms with Crippen molar-refractivity contribution in [1.82, 2.24) is 20.3 Å². The van der Waals surface area contributed by atoms with Crippen LogP contribution in [0.5, 0.6) is 5.75 Å². The number of sulfonamides is 1. The number of anilines is 2. The molecule has 1 heterocycles. The average molecular weight is 571 g/mol. The van der Waals surface area contributed by atoms with Gasteiger partial charge in [-0.25, -0.2) is 13.1 Å². The lowest BCUT2D eigenvalue weighted by molar-refractivity contribution is 0.0933. The smallest absolute Gasteiger partial charge is 0.273 e. The summed E-state index contributed by atoms with van der Waals surface area (Å²) in [5.41, 5.74) is 2.76. The molecule has 1 aromatic heterocycles. The van der Waals surface area contributed by atoms with Crippen molar-refractivity contribution in [2.75, 3.05) is 29.9 Å². The van der Waals surface area contributed by atoms with Crippen molar-refractivity contribution in [1.29, 1.82) is 0 Å². The lowest BCUT2D eigenvalue weighted by atomic mass is 9.86. The maximum atomic E-state index is 13.4. The van der Waals surface area contributed by atoms with Crippen molar-refractivity contribution in [3.05, 3.63) is 58.9 Å². The van der Waals surface area contributed by atoms with Gasteiger partial charge in [-0.15, -0.1) is 5.10 Å². The summed E-state index contributed by atoms with van der Waals surface area (Å²) >= 11 is 0. The second kappa shape index (κ2) is 11.3. The first-order chi connectivity index (χ1) is 18.4. The summed E-state index contributed by atoms with van der Waals surface area (Å²) in [5.74, 6) is -0.600. The minimum absolute atomic E-state index is 0.0827. The van der Waals surface area contributed by atoms with Gasteiger partial charge >= 0.3 is 0 Å². The number of rotatable bonds is 8. The quantitative estimate of drug-likeness (QED) is 0.367. The summed E-state index contributed by atoms with van der Waals surface area (Å²) in [6.07, 6.45) is 2.56. The summed E-state index contributed by atoms with van der Waals surface area (Å²) < 4.78 is 33.5. The fourth-order valence-corrected chi connectivity index (χ4v) is 4.31. The molecule has 0 bridgehead atoms. The number of ether oxygens (including phenoxy) is 1. The molecule has 0 unspecified atom stereocenters. The highest BCUT2D eigenvalue weighted by molar-refractivity contribution is 7.92. The molecule has 0 fully saturated rings. The highest BCUT2D eigenvalue weighted by Crippen LogP contribution is 2.39. The van der Waals surface area contributed by atoms with Crippen molar-refractivity contribution in [2.45, 2.75) is 53.9 Å². The van der Waals surface area contributed by atoms with Crippen LogP contribution in [-0.2, 0) is 15.4 Å². The third-order valence-electron chi connectivity index (χ3n) is 5.93. The minimum atomic E-state index is -3.61. The number of hydrogen-bond acceptors (Lipinski definition) is 7. The molecule has 0 spiro atoms. The zero-order valence-electron chi connectivity index (χ0n) is 24.5. The standard InChI is InChI=1S/C28H38N6O5S/c1-17-10-11-18(12-23(17)34-15-22(31-33-34)26(36)29-16-27(2,3)4)25(35)30-20-13-19(28(5,6)7)14-21(24(20)39-8)32-40(9,37)38/h10-15,32H,16H2,1-9H3,(H,29,36)(H,30,35). The van der Waals surface area contributed by atoms with Crippen LogP contribution in [0, 0.1) is 12.3 Å². The van der Waals surface area contributed by atoms with E-state index in [1.807, 2.05) is 48.5 Å². The highest BCUT2D eigenvalue weighted by Gasteiger charge is 2.23. The van der Waals surface area contributed by atoms with Crippen molar-refractivity contribution >= 4 is 33.2 Å². The average Bonchev–Trinajstić information content (AvgIpc) is 3.30. The van der Waals surface area contributed by atoms with Gasteiger partial charge in [0.15, 0.2) is 11.4 Å². The van der Waals surface area contributed by atoms with Gasteiger partial charge in [0.2, 0.25) is 10.0 Å². The van der Waals surface area contributed by atoms with E-state index in [0.29, 0.717) is 23.5 Å². The highest BCUT2D eigenvalue weighted by atomic mass is 32.2. The van der Waals surface area contributed by atoms with E-state index in [1.165, 1.54) is 18.0 Å². The van der Waals surface area contributed by atoms with Crippen LogP contribution in [-0.4, -0.2) is 55.1 Å². The van der Waals surface area contributed by atoms with E-state index in [1.54, 1.807) is 30.3 Å². The molecule has 3 rings (SSSR count). The first-order valence-corrected chi connectivity index (χ1v) is 14.6. The van der Waals surface area contributed by atoms with Gasteiger partial charge in [0.1, 0.15) is 0 Å². The lowest BCUT2D eigenvalue weighted by Crippen LogP contribution is -2.32. The molecule has 2 amide bonds. The Kier molecular flexibility index (Phi) is 8.63. The van der Waals surface area contributed by atoms with Crippen LogP contribution in [0.1, 0.15) is 73.5 Å². The van der Waals surface area contributed by atoms with E-state index in [2.05, 4.69) is 25.7 Å². The van der Waals surface area contributed by atoms with Gasteiger partial charge in [0, 0.05) is 12.1 Å². The predicted molar refractivity (Wildman–Crippen MR) is 156 cm³/mol. The van der Waals surface area contributed by atoms with Crippen molar-refractivity contribution in [3.8, 4) is 11.4 Å². The summed E-state index contributed by atoms with van der Waals surface area (Å²) in [6, 6.07) is 8.53. The first-order valence-electron chi connectivity index (χ1n) is 12.7. The Labute approximate surface area is 235 Å². The molecule has 3 N–H and O–H groups in total. The number of aryl methyl sites for hydroxylation is 1. The summed E-state index contributed by atoms with van der Waals surface area (Å²) in [6.45, 7) is 14.3. The number of methoxy groups -OCH3 is 1. The van der Waals surface area contributed by atoms with Crippen LogP contribution in [0.4, 0.5) is 11.4 Å². The number of nitrogens with one attached hydrogen (secondary N) is 3. The second-order valence-corrected chi connectivity index (χ2v) is 13.7. The second-order valence-electron chi connectivity index (χ2n) is 12.0. The Bertz CT molecular complexity index is 1530. The molecule has 0 saturated heterocycles. The normalized spacial score (nSPS) is 12.1. The number of hydrogen-bond donors (Lipinski definition) is 3. The third kappa shape index (κ3) is 7.81. The monoisotopic (exact) mass is 570 g/mol. The maximum Gasteiger partial charge on any atom is 0.273 e. The fourth-order valence-electron chi connectivity index (χ4n) is 3.76. The predicted octanol–water partition coefficient (Wildman–Crippen LogP) is 4.28. The Morgan fingerprint density at radius 1 is 1.00 bits per heavy atom. The topological polar surface area (TPSA) is 144 Å². The molecule has 0 saturated carbocycles. The van der Waals surface area contributed by atoms with E-state index in [-0.39, 0.29) is 33.9 Å². The molecular weight excluding hydrogens is 532 g/mol. The van der Waals surface area contributed by atoms with Crippen LogP contribution in [0.15, 0.2) is 36.5 Å². The Morgan fingerprint density at radius 2 is 1.65 bits per heavy atom. The Morgan fingerprint density at radius 3 is 2.23 bits per heavy atom. The molecular formula is C28H38N6O5S. The molecule has 0 aliphatic rings. The summed E-state index contributed by atoms with van der Waals surface area (Å²) in [7, 11) is -2.21. The minimum Gasteiger partial charge on any atom is -0.492 e. The first kappa shape index (κ1) is 30.6. The zero-order chi connectivity index (χ0) is 30.0. The van der Waals surface area contributed by atoms with Crippen molar-refractivity contribution in [2.24, 2.45) is 5.41 Å². The fraction of sp³-hybridized carbons (Fsp3) is 0.429. The lowest BCUT2D eigenvalue weighted by Gasteiger charge is -2.24. The summed E-state index contributed by atoms with van der Waals surface area (Å²) in [4.78, 5) is 25.9. The molecule has 216 valence electrons. The molecule has 0 atom stereocenters. The van der Waals surface area contributed by atoms with Gasteiger partial charge in [-0.1, -0.05) is 52.8 Å². The number of carbonyl (C=O) groups excluding carboxylic acids is 2. The van der Waals surface area contributed by atoms with Crippen LogP contribution >= 0.6 is 0 Å². The molecule has 11 nitrogen and oxygen atoms in total. The van der Waals surface area contributed by atoms with Crippen LogP contribution in [0.3, 0.4) is 0 Å². The van der Waals surface area contributed by atoms with E-state index < -0.39 is 15.9 Å². The molecule has 3 aromatic rings. The van der Waals surface area contributed by atoms with Gasteiger partial charge in [0.05, 0.1) is 36.6 Å². The van der Waals surface area contributed by atoms with Crippen LogP contribution < -0.4 is 20.1 Å². The molecule has 0 aliphatic heterocycles. The molecule has 40 heavy (non-hydrogen) atoms. The molecule has 0 radical (unpaired) electrons. The van der Waals surface area contributed by atoms with Gasteiger partial charge in [-0.2, -0.15) is 0 Å². The summed E-state index contributed by atoms with van der Waals surface area (Å²) in [5, 5.41) is 13.8. The number of aromatic nitrogens is 3. The number of amides is 2. The van der Waals surface area contributed by atoms with E-state index in [4.69, 9.17) is 4.74 Å². The number of carbonyl (C=O) groups is 2. The van der Waals surface area contributed by atoms with E-state index >= 15 is 0 Å². The number of benzene rings is 2. The maximum absolute atomic E-state index is 13.4. The van der Waals surface area contributed by atoms with E-state index in [0.717, 1.165) is 17.4 Å². The number of nitrogens with zero attached hydrogens (tertiary/aromatic N) is 3. The van der Waals surface area contributed by atoms with Gasteiger partial charge in [0.25, 0.3) is 11.8 Å². The SMILES string of the molecule is COc1c(NC(=O)c2ccc(C)c(-n3cc(C(=O)NCC(C)(C)C)nn3)c2)cc(C(C)(C)C)cc1NS(C)(=O)=O. The van der Waals surface area contributed by atoms with Crippen LogP contribution in [0.2, 0.25) is 0 Å².